The zero-order valence-electron chi connectivity index (χ0n) is 11.7. The Morgan fingerprint density at radius 2 is 2.05 bits per heavy atom. The van der Waals surface area contributed by atoms with Crippen LogP contribution in [-0.2, 0) is 11.3 Å². The predicted molar refractivity (Wildman–Crippen MR) is 78.8 cm³/mol. The number of ether oxygens (including phenoxy) is 2. The number of hydrogen-bond acceptors (Lipinski definition) is 4. The molecule has 1 aromatic carbocycles. The van der Waals surface area contributed by atoms with Gasteiger partial charge < -0.3 is 15.2 Å². The number of benzene rings is 1. The van der Waals surface area contributed by atoms with Crippen molar-refractivity contribution in [1.29, 1.82) is 0 Å². The molecule has 0 saturated carbocycles. The second-order valence-electron chi connectivity index (χ2n) is 4.37. The molecule has 0 heterocycles. The summed E-state index contributed by atoms with van der Waals surface area (Å²) in [7, 11) is 3.38. The fourth-order valence-electron chi connectivity index (χ4n) is 1.92. The largest absolute Gasteiger partial charge is 0.496 e. The fourth-order valence-corrected chi connectivity index (χ4v) is 2.11. The van der Waals surface area contributed by atoms with Crippen molar-refractivity contribution in [3.63, 3.8) is 0 Å². The van der Waals surface area contributed by atoms with Crippen LogP contribution in [0.1, 0.15) is 12.0 Å². The van der Waals surface area contributed by atoms with E-state index in [0.29, 0.717) is 13.2 Å². The average Bonchev–Trinajstić information content (AvgIpc) is 2.42. The third-order valence-corrected chi connectivity index (χ3v) is 3.16. The molecule has 0 aliphatic heterocycles. The quantitative estimate of drug-likeness (QED) is 0.756. The van der Waals surface area contributed by atoms with Crippen LogP contribution < -0.4 is 10.5 Å². The molecule has 2 N–H and O–H groups in total. The molecule has 1 aromatic rings. The number of nitrogens with zero attached hydrogens (tertiary/aromatic N) is 1. The van der Waals surface area contributed by atoms with Gasteiger partial charge in [0.2, 0.25) is 0 Å². The minimum atomic E-state index is 0.691. The van der Waals surface area contributed by atoms with Crippen LogP contribution >= 0.6 is 11.6 Å². The molecule has 0 fully saturated rings. The van der Waals surface area contributed by atoms with Gasteiger partial charge in [0.1, 0.15) is 5.75 Å². The highest BCUT2D eigenvalue weighted by molar-refractivity contribution is 6.30. The Morgan fingerprint density at radius 1 is 1.26 bits per heavy atom. The first-order valence-corrected chi connectivity index (χ1v) is 6.82. The van der Waals surface area contributed by atoms with E-state index in [-0.39, 0.29) is 0 Å². The van der Waals surface area contributed by atoms with Crippen LogP contribution in [0.25, 0.3) is 0 Å². The molecule has 19 heavy (non-hydrogen) atoms. The van der Waals surface area contributed by atoms with Gasteiger partial charge in [-0.3, -0.25) is 4.90 Å². The summed E-state index contributed by atoms with van der Waals surface area (Å²) in [4.78, 5) is 2.30. The van der Waals surface area contributed by atoms with Gasteiger partial charge in [0.15, 0.2) is 0 Å². The number of hydrogen-bond donors (Lipinski definition) is 1. The number of nitrogens with two attached hydrogens (primary N) is 1. The summed E-state index contributed by atoms with van der Waals surface area (Å²) < 4.78 is 10.5. The van der Waals surface area contributed by atoms with Gasteiger partial charge in [-0.25, -0.2) is 0 Å². The van der Waals surface area contributed by atoms with Gasteiger partial charge in [0.05, 0.1) is 13.7 Å². The molecule has 0 bridgehead atoms. The highest BCUT2D eigenvalue weighted by atomic mass is 35.5. The van der Waals surface area contributed by atoms with Gasteiger partial charge in [0, 0.05) is 30.8 Å². The Kier molecular flexibility index (Phi) is 7.82. The van der Waals surface area contributed by atoms with Crippen molar-refractivity contribution in [3.8, 4) is 5.75 Å². The van der Waals surface area contributed by atoms with Gasteiger partial charge >= 0.3 is 0 Å². The van der Waals surface area contributed by atoms with E-state index < -0.39 is 0 Å². The topological polar surface area (TPSA) is 47.7 Å². The van der Waals surface area contributed by atoms with Crippen LogP contribution in [0.2, 0.25) is 5.02 Å². The molecule has 5 heteroatoms. The van der Waals surface area contributed by atoms with Crippen molar-refractivity contribution >= 4 is 11.6 Å². The Hall–Kier alpha value is -0.810. The summed E-state index contributed by atoms with van der Waals surface area (Å²) in [5.41, 5.74) is 6.66. The standard InChI is InChI=1S/C14H23ClN2O2/c1-18-9-8-17(7-3-6-16)11-12-10-13(15)4-5-14(12)19-2/h4-5,10H,3,6-9,11,16H2,1-2H3. The summed E-state index contributed by atoms with van der Waals surface area (Å²) >= 11 is 6.05. The molecule has 108 valence electrons. The van der Waals surface area contributed by atoms with E-state index in [1.807, 2.05) is 18.2 Å². The first-order valence-electron chi connectivity index (χ1n) is 6.45. The van der Waals surface area contributed by atoms with Crippen LogP contribution in [0, 0.1) is 0 Å². The van der Waals surface area contributed by atoms with Gasteiger partial charge in [-0.15, -0.1) is 0 Å². The predicted octanol–water partition coefficient (Wildman–Crippen LogP) is 2.15. The molecule has 1 rings (SSSR count). The van der Waals surface area contributed by atoms with Crippen molar-refractivity contribution < 1.29 is 9.47 Å². The summed E-state index contributed by atoms with van der Waals surface area (Å²) in [5, 5.41) is 0.723. The third kappa shape index (κ3) is 5.78. The van der Waals surface area contributed by atoms with E-state index >= 15 is 0 Å². The second kappa shape index (κ2) is 9.15. The summed E-state index contributed by atoms with van der Waals surface area (Å²) in [6.45, 7) is 3.98. The molecule has 0 spiro atoms. The number of halogens is 1. The molecule has 0 atom stereocenters. The monoisotopic (exact) mass is 286 g/mol. The molecule has 4 nitrogen and oxygen atoms in total. The lowest BCUT2D eigenvalue weighted by atomic mass is 10.2. The van der Waals surface area contributed by atoms with Crippen molar-refractivity contribution in [2.75, 3.05) is 40.5 Å². The molecule has 0 aliphatic carbocycles. The first-order chi connectivity index (χ1) is 9.21. The lowest BCUT2D eigenvalue weighted by Crippen LogP contribution is -2.29. The molecule has 0 aliphatic rings. The van der Waals surface area contributed by atoms with E-state index in [1.54, 1.807) is 14.2 Å². The average molecular weight is 287 g/mol. The van der Waals surface area contributed by atoms with Gasteiger partial charge in [-0.05, 0) is 37.7 Å². The Bertz CT molecular complexity index is 366. The lowest BCUT2D eigenvalue weighted by molar-refractivity contribution is 0.143. The molecule has 0 unspecified atom stereocenters. The zero-order chi connectivity index (χ0) is 14.1. The van der Waals surface area contributed by atoms with Gasteiger partial charge in [0.25, 0.3) is 0 Å². The summed E-state index contributed by atoms with van der Waals surface area (Å²) in [6.07, 6.45) is 0.965. The van der Waals surface area contributed by atoms with E-state index in [1.165, 1.54) is 0 Å². The molecule has 0 aromatic heterocycles. The van der Waals surface area contributed by atoms with E-state index in [9.17, 15) is 0 Å². The minimum Gasteiger partial charge on any atom is -0.496 e. The fraction of sp³-hybridized carbons (Fsp3) is 0.571. The van der Waals surface area contributed by atoms with Crippen LogP contribution in [0.15, 0.2) is 18.2 Å². The smallest absolute Gasteiger partial charge is 0.123 e. The van der Waals surface area contributed by atoms with Crippen LogP contribution in [-0.4, -0.2) is 45.4 Å². The van der Waals surface area contributed by atoms with E-state index in [2.05, 4.69) is 4.90 Å². The molecule has 0 saturated heterocycles. The van der Waals surface area contributed by atoms with Gasteiger partial charge in [-0.1, -0.05) is 11.6 Å². The molecule has 0 amide bonds. The highest BCUT2D eigenvalue weighted by Crippen LogP contribution is 2.24. The number of rotatable bonds is 9. The second-order valence-corrected chi connectivity index (χ2v) is 4.80. The SMILES string of the molecule is COCCN(CCCN)Cc1cc(Cl)ccc1OC. The highest BCUT2D eigenvalue weighted by Gasteiger charge is 2.10. The number of methoxy groups -OCH3 is 2. The van der Waals surface area contributed by atoms with Crippen LogP contribution in [0.3, 0.4) is 0 Å². The first kappa shape index (κ1) is 16.2. The summed E-state index contributed by atoms with van der Waals surface area (Å²) in [5.74, 6) is 0.861. The minimum absolute atomic E-state index is 0.691. The van der Waals surface area contributed by atoms with Crippen molar-refractivity contribution in [2.45, 2.75) is 13.0 Å². The maximum Gasteiger partial charge on any atom is 0.123 e. The van der Waals surface area contributed by atoms with Crippen molar-refractivity contribution in [2.24, 2.45) is 5.73 Å². The molecular formula is C14H23ClN2O2. The van der Waals surface area contributed by atoms with Crippen LogP contribution in [0.4, 0.5) is 0 Å². The summed E-state index contributed by atoms with van der Waals surface area (Å²) in [6, 6.07) is 5.68. The van der Waals surface area contributed by atoms with E-state index in [0.717, 1.165) is 42.4 Å². The van der Waals surface area contributed by atoms with E-state index in [4.69, 9.17) is 26.8 Å². The van der Waals surface area contributed by atoms with Crippen molar-refractivity contribution in [1.82, 2.24) is 4.90 Å². The van der Waals surface area contributed by atoms with Gasteiger partial charge in [-0.2, -0.15) is 0 Å². The maximum atomic E-state index is 6.05. The lowest BCUT2D eigenvalue weighted by Gasteiger charge is -2.23. The van der Waals surface area contributed by atoms with Crippen LogP contribution in [0.5, 0.6) is 5.75 Å². The zero-order valence-corrected chi connectivity index (χ0v) is 12.4. The molecular weight excluding hydrogens is 264 g/mol. The normalized spacial score (nSPS) is 11.0. The Morgan fingerprint density at radius 3 is 2.68 bits per heavy atom. The Labute approximate surface area is 120 Å². The maximum absolute atomic E-state index is 6.05. The van der Waals surface area contributed by atoms with Crippen molar-refractivity contribution in [3.05, 3.63) is 28.8 Å². The molecule has 0 radical (unpaired) electrons. The third-order valence-electron chi connectivity index (χ3n) is 2.93. The Balaban J connectivity index is 2.72.